The second-order valence-corrected chi connectivity index (χ2v) is 10.1. The van der Waals surface area contributed by atoms with Crippen LogP contribution >= 0.6 is 0 Å². The van der Waals surface area contributed by atoms with Crippen LogP contribution in [-0.2, 0) is 9.59 Å². The Morgan fingerprint density at radius 2 is 1.94 bits per heavy atom. The van der Waals surface area contributed by atoms with Gasteiger partial charge in [-0.25, -0.2) is 0 Å². The molecular formula is C25H38N4O3. The molecule has 3 rings (SSSR count). The first kappa shape index (κ1) is 24.2. The molecule has 3 amide bonds. The maximum atomic E-state index is 13.6. The predicted molar refractivity (Wildman–Crippen MR) is 128 cm³/mol. The third-order valence-corrected chi connectivity index (χ3v) is 6.98. The number of fused-ring (bicyclic) bond motifs is 1. The lowest BCUT2D eigenvalue weighted by Gasteiger charge is -2.41. The van der Waals surface area contributed by atoms with Crippen molar-refractivity contribution in [2.75, 3.05) is 23.3 Å². The molecule has 0 spiro atoms. The van der Waals surface area contributed by atoms with Crippen LogP contribution in [0.15, 0.2) is 18.2 Å². The molecular weight excluding hydrogens is 404 g/mol. The Morgan fingerprint density at radius 1 is 1.25 bits per heavy atom. The number of hydrogen-bond acceptors (Lipinski definition) is 4. The molecule has 1 fully saturated rings. The Bertz CT molecular complexity index is 861. The third-order valence-electron chi connectivity index (χ3n) is 6.98. The molecule has 1 aliphatic heterocycles. The summed E-state index contributed by atoms with van der Waals surface area (Å²) in [5.41, 5.74) is 7.20. The zero-order chi connectivity index (χ0) is 23.5. The average molecular weight is 443 g/mol. The van der Waals surface area contributed by atoms with Crippen LogP contribution in [0.5, 0.6) is 0 Å². The van der Waals surface area contributed by atoms with E-state index in [2.05, 4.69) is 10.6 Å². The topological polar surface area (TPSA) is 105 Å². The van der Waals surface area contributed by atoms with Gasteiger partial charge in [0.05, 0.1) is 11.4 Å². The normalized spacial score (nSPS) is 20.3. The summed E-state index contributed by atoms with van der Waals surface area (Å²) in [6.45, 7) is 8.94. The molecule has 0 bridgehead atoms. The summed E-state index contributed by atoms with van der Waals surface area (Å²) in [5.74, 6) is -0.392. The number of carbonyl (C=O) groups is 3. The van der Waals surface area contributed by atoms with Crippen LogP contribution in [0, 0.1) is 17.3 Å². The minimum atomic E-state index is -0.535. The summed E-state index contributed by atoms with van der Waals surface area (Å²) in [4.78, 5) is 41.2. The van der Waals surface area contributed by atoms with Crippen molar-refractivity contribution in [3.63, 3.8) is 0 Å². The quantitative estimate of drug-likeness (QED) is 0.599. The zero-order valence-corrected chi connectivity index (χ0v) is 19.9. The summed E-state index contributed by atoms with van der Waals surface area (Å²) < 4.78 is 0. The number of benzene rings is 1. The Balaban J connectivity index is 1.91. The van der Waals surface area contributed by atoms with E-state index in [4.69, 9.17) is 5.73 Å². The van der Waals surface area contributed by atoms with Gasteiger partial charge in [-0.05, 0) is 48.9 Å². The lowest BCUT2D eigenvalue weighted by molar-refractivity contribution is -0.128. The molecule has 2 unspecified atom stereocenters. The van der Waals surface area contributed by atoms with Gasteiger partial charge in [-0.1, -0.05) is 53.4 Å². The summed E-state index contributed by atoms with van der Waals surface area (Å²) in [7, 11) is 0. The van der Waals surface area contributed by atoms with Crippen LogP contribution in [0.1, 0.15) is 76.6 Å². The second kappa shape index (κ2) is 10.0. The van der Waals surface area contributed by atoms with Crippen LogP contribution in [0.2, 0.25) is 0 Å². The molecule has 1 aromatic rings. The largest absolute Gasteiger partial charge is 0.351 e. The molecule has 1 heterocycles. The maximum Gasteiger partial charge on any atom is 0.251 e. The van der Waals surface area contributed by atoms with Gasteiger partial charge in [0.2, 0.25) is 11.8 Å². The van der Waals surface area contributed by atoms with E-state index in [0.29, 0.717) is 30.0 Å². The van der Waals surface area contributed by atoms with Crippen molar-refractivity contribution in [2.24, 2.45) is 23.0 Å². The van der Waals surface area contributed by atoms with E-state index < -0.39 is 6.04 Å². The van der Waals surface area contributed by atoms with Gasteiger partial charge < -0.3 is 16.4 Å². The SMILES string of the molecule is CCC(C)C1C(=O)Nc2cc(C(=O)NCC(C)(C)CN)ccc2N1C(=O)C1CCCCC1. The smallest absolute Gasteiger partial charge is 0.251 e. The van der Waals surface area contributed by atoms with Gasteiger partial charge in [-0.3, -0.25) is 19.3 Å². The molecule has 4 N–H and O–H groups in total. The van der Waals surface area contributed by atoms with Crippen molar-refractivity contribution in [2.45, 2.75) is 72.3 Å². The van der Waals surface area contributed by atoms with Crippen LogP contribution < -0.4 is 21.3 Å². The van der Waals surface area contributed by atoms with Gasteiger partial charge in [-0.2, -0.15) is 0 Å². The predicted octanol–water partition coefficient (Wildman–Crippen LogP) is 3.68. The standard InChI is InChI=1S/C25H38N4O3/c1-5-16(2)21-23(31)28-19-13-18(22(30)27-15-25(3,4)14-26)11-12-20(19)29(21)24(32)17-9-7-6-8-10-17/h11-13,16-17,21H,5-10,14-15,26H2,1-4H3,(H,27,30)(H,28,31). The van der Waals surface area contributed by atoms with Crippen molar-refractivity contribution >= 4 is 29.1 Å². The van der Waals surface area contributed by atoms with E-state index in [0.717, 1.165) is 38.5 Å². The van der Waals surface area contributed by atoms with Crippen molar-refractivity contribution in [3.8, 4) is 0 Å². The molecule has 7 heteroatoms. The first-order chi connectivity index (χ1) is 15.2. The molecule has 2 aliphatic rings. The summed E-state index contributed by atoms with van der Waals surface area (Å²) >= 11 is 0. The maximum absolute atomic E-state index is 13.6. The molecule has 32 heavy (non-hydrogen) atoms. The molecule has 176 valence electrons. The Kier molecular flexibility index (Phi) is 7.59. The van der Waals surface area contributed by atoms with Crippen LogP contribution in [-0.4, -0.2) is 36.9 Å². The number of nitrogens with two attached hydrogens (primary N) is 1. The van der Waals surface area contributed by atoms with Crippen LogP contribution in [0.3, 0.4) is 0 Å². The Morgan fingerprint density at radius 3 is 2.56 bits per heavy atom. The van der Waals surface area contributed by atoms with E-state index in [-0.39, 0.29) is 35.0 Å². The minimum Gasteiger partial charge on any atom is -0.351 e. The fraction of sp³-hybridized carbons (Fsp3) is 0.640. The van der Waals surface area contributed by atoms with Gasteiger partial charge in [0.1, 0.15) is 6.04 Å². The van der Waals surface area contributed by atoms with E-state index in [1.54, 1.807) is 23.1 Å². The molecule has 0 saturated heterocycles. The van der Waals surface area contributed by atoms with Crippen molar-refractivity contribution in [3.05, 3.63) is 23.8 Å². The highest BCUT2D eigenvalue weighted by molar-refractivity contribution is 6.13. The van der Waals surface area contributed by atoms with Gasteiger partial charge in [0.15, 0.2) is 0 Å². The fourth-order valence-corrected chi connectivity index (χ4v) is 4.49. The first-order valence-electron chi connectivity index (χ1n) is 11.9. The highest BCUT2D eigenvalue weighted by Crippen LogP contribution is 2.38. The van der Waals surface area contributed by atoms with Gasteiger partial charge in [-0.15, -0.1) is 0 Å². The number of nitrogens with zero attached hydrogens (tertiary/aromatic N) is 1. The fourth-order valence-electron chi connectivity index (χ4n) is 4.49. The van der Waals surface area contributed by atoms with Gasteiger partial charge >= 0.3 is 0 Å². The van der Waals surface area contributed by atoms with Crippen molar-refractivity contribution in [1.29, 1.82) is 0 Å². The van der Waals surface area contributed by atoms with Crippen LogP contribution in [0.25, 0.3) is 0 Å². The molecule has 7 nitrogen and oxygen atoms in total. The Hall–Kier alpha value is -2.41. The zero-order valence-electron chi connectivity index (χ0n) is 19.9. The lowest BCUT2D eigenvalue weighted by atomic mass is 9.86. The van der Waals surface area contributed by atoms with Crippen LogP contribution in [0.4, 0.5) is 11.4 Å². The van der Waals surface area contributed by atoms with Gasteiger partial charge in [0, 0.05) is 18.0 Å². The molecule has 0 radical (unpaired) electrons. The van der Waals surface area contributed by atoms with E-state index in [1.165, 1.54) is 0 Å². The molecule has 1 aliphatic carbocycles. The van der Waals surface area contributed by atoms with Gasteiger partial charge in [0.25, 0.3) is 5.91 Å². The summed E-state index contributed by atoms with van der Waals surface area (Å²) in [6.07, 6.45) is 5.80. The van der Waals surface area contributed by atoms with Crippen molar-refractivity contribution < 1.29 is 14.4 Å². The number of amides is 3. The molecule has 2 atom stereocenters. The molecule has 1 saturated carbocycles. The highest BCUT2D eigenvalue weighted by Gasteiger charge is 2.42. The van der Waals surface area contributed by atoms with E-state index in [1.807, 2.05) is 27.7 Å². The average Bonchev–Trinajstić information content (AvgIpc) is 2.80. The van der Waals surface area contributed by atoms with E-state index in [9.17, 15) is 14.4 Å². The Labute approximate surface area is 191 Å². The number of carbonyl (C=O) groups excluding carboxylic acids is 3. The lowest BCUT2D eigenvalue weighted by Crippen LogP contribution is -2.55. The summed E-state index contributed by atoms with van der Waals surface area (Å²) in [6, 6.07) is 4.67. The number of rotatable bonds is 7. The van der Waals surface area contributed by atoms with E-state index >= 15 is 0 Å². The first-order valence-corrected chi connectivity index (χ1v) is 11.9. The minimum absolute atomic E-state index is 0.0251. The second-order valence-electron chi connectivity index (χ2n) is 10.1. The monoisotopic (exact) mass is 442 g/mol. The van der Waals surface area contributed by atoms with Crippen molar-refractivity contribution in [1.82, 2.24) is 5.32 Å². The highest BCUT2D eigenvalue weighted by atomic mass is 16.2. The summed E-state index contributed by atoms with van der Waals surface area (Å²) in [5, 5.41) is 5.88. The number of nitrogens with one attached hydrogen (secondary N) is 2. The number of anilines is 2. The molecule has 1 aromatic carbocycles. The third kappa shape index (κ3) is 5.14. The molecule has 0 aromatic heterocycles. The number of hydrogen-bond donors (Lipinski definition) is 3.